The monoisotopic (exact) mass is 351 g/mol. The summed E-state index contributed by atoms with van der Waals surface area (Å²) in [6, 6.07) is 6.07. The van der Waals surface area contributed by atoms with E-state index in [4.69, 9.17) is 0 Å². The topological polar surface area (TPSA) is 52.7 Å². The largest absolute Gasteiger partial charge is 0.334 e. The lowest BCUT2D eigenvalue weighted by molar-refractivity contribution is -0.144. The van der Waals surface area contributed by atoms with E-state index in [1.807, 2.05) is 11.8 Å². The quantitative estimate of drug-likeness (QED) is 0.826. The third-order valence-electron chi connectivity index (χ3n) is 4.59. The molecule has 0 bridgehead atoms. The van der Waals surface area contributed by atoms with E-state index < -0.39 is 17.6 Å². The number of benzene rings is 1. The van der Waals surface area contributed by atoms with Crippen molar-refractivity contribution < 1.29 is 14.0 Å². The van der Waals surface area contributed by atoms with Gasteiger partial charge in [0.15, 0.2) is 0 Å². The van der Waals surface area contributed by atoms with Crippen LogP contribution >= 0.6 is 11.8 Å². The molecule has 2 saturated heterocycles. The van der Waals surface area contributed by atoms with E-state index in [1.165, 1.54) is 29.7 Å². The van der Waals surface area contributed by atoms with E-state index in [1.54, 1.807) is 11.0 Å². The molecule has 0 unspecified atom stereocenters. The van der Waals surface area contributed by atoms with E-state index in [-0.39, 0.29) is 0 Å². The normalized spacial score (nSPS) is 20.0. The van der Waals surface area contributed by atoms with Crippen molar-refractivity contribution in [3.8, 4) is 0 Å². The molecule has 2 aliphatic heterocycles. The minimum atomic E-state index is -0.701. The van der Waals surface area contributed by atoms with Crippen LogP contribution in [0, 0.1) is 5.82 Å². The summed E-state index contributed by atoms with van der Waals surface area (Å²) in [7, 11) is 0. The summed E-state index contributed by atoms with van der Waals surface area (Å²) < 4.78 is 13.1. The highest BCUT2D eigenvalue weighted by molar-refractivity contribution is 7.99. The van der Waals surface area contributed by atoms with Crippen molar-refractivity contribution in [3.05, 3.63) is 30.1 Å². The molecule has 0 atom stereocenters. The number of piperidine rings is 1. The van der Waals surface area contributed by atoms with Gasteiger partial charge >= 0.3 is 11.8 Å². The van der Waals surface area contributed by atoms with Gasteiger partial charge in [0.05, 0.1) is 0 Å². The maximum absolute atomic E-state index is 13.1. The molecule has 2 heterocycles. The lowest BCUT2D eigenvalue weighted by Gasteiger charge is -2.39. The summed E-state index contributed by atoms with van der Waals surface area (Å²) in [5, 5.41) is 2.47. The van der Waals surface area contributed by atoms with Gasteiger partial charge in [-0.05, 0) is 31.0 Å². The molecule has 0 aliphatic carbocycles. The van der Waals surface area contributed by atoms with E-state index in [2.05, 4.69) is 10.2 Å². The number of halogens is 1. The van der Waals surface area contributed by atoms with Crippen molar-refractivity contribution in [1.29, 1.82) is 0 Å². The first-order valence-corrected chi connectivity index (χ1v) is 9.46. The molecule has 130 valence electrons. The summed E-state index contributed by atoms with van der Waals surface area (Å²) in [6.07, 6.45) is 1.81. The number of amides is 2. The maximum atomic E-state index is 13.1. The average molecular weight is 351 g/mol. The Hall–Kier alpha value is -1.60. The van der Waals surface area contributed by atoms with Crippen molar-refractivity contribution in [1.82, 2.24) is 9.80 Å². The van der Waals surface area contributed by atoms with Gasteiger partial charge in [-0.25, -0.2) is 4.39 Å². The van der Waals surface area contributed by atoms with Crippen LogP contribution in [0.4, 0.5) is 10.1 Å². The number of nitrogens with one attached hydrogen (secondary N) is 1. The first-order chi connectivity index (χ1) is 11.6. The first kappa shape index (κ1) is 17.2. The predicted molar refractivity (Wildman–Crippen MR) is 93.5 cm³/mol. The van der Waals surface area contributed by atoms with Crippen LogP contribution in [0.2, 0.25) is 0 Å². The smallest absolute Gasteiger partial charge is 0.313 e. The van der Waals surface area contributed by atoms with Crippen molar-refractivity contribution in [2.24, 2.45) is 0 Å². The van der Waals surface area contributed by atoms with Crippen molar-refractivity contribution in [3.63, 3.8) is 0 Å². The van der Waals surface area contributed by atoms with Gasteiger partial charge in [-0.2, -0.15) is 11.8 Å². The minimum absolute atomic E-state index is 0.300. The second kappa shape index (κ2) is 7.98. The molecule has 1 N–H and O–H groups in total. The summed E-state index contributed by atoms with van der Waals surface area (Å²) in [6.45, 7) is 3.43. The molecule has 1 aromatic rings. The molecule has 7 heteroatoms. The molecule has 0 radical (unpaired) electrons. The molecule has 24 heavy (non-hydrogen) atoms. The number of nitrogens with zero attached hydrogens (tertiary/aromatic N) is 2. The number of carbonyl (C=O) groups excluding carboxylic acids is 2. The summed E-state index contributed by atoms with van der Waals surface area (Å²) >= 11 is 1.99. The van der Waals surface area contributed by atoms with Gasteiger partial charge in [0.25, 0.3) is 0 Å². The molecule has 2 aliphatic rings. The van der Waals surface area contributed by atoms with Gasteiger partial charge in [0, 0.05) is 49.4 Å². The number of hydrogen-bond acceptors (Lipinski definition) is 4. The Kier molecular flexibility index (Phi) is 5.73. The van der Waals surface area contributed by atoms with Gasteiger partial charge < -0.3 is 10.2 Å². The zero-order valence-electron chi connectivity index (χ0n) is 13.5. The highest BCUT2D eigenvalue weighted by Crippen LogP contribution is 2.20. The average Bonchev–Trinajstić information content (AvgIpc) is 2.62. The number of carbonyl (C=O) groups is 2. The van der Waals surface area contributed by atoms with Crippen LogP contribution in [0.15, 0.2) is 24.3 Å². The molecular weight excluding hydrogens is 329 g/mol. The fraction of sp³-hybridized carbons (Fsp3) is 0.529. The summed E-state index contributed by atoms with van der Waals surface area (Å²) in [5.41, 5.74) is 0.300. The molecule has 3 rings (SSSR count). The highest BCUT2D eigenvalue weighted by atomic mass is 32.2. The molecule has 1 aromatic carbocycles. The van der Waals surface area contributed by atoms with E-state index in [0.29, 0.717) is 24.8 Å². The van der Waals surface area contributed by atoms with Crippen LogP contribution in [0.1, 0.15) is 12.8 Å². The Morgan fingerprint density at radius 1 is 1.12 bits per heavy atom. The lowest BCUT2D eigenvalue weighted by atomic mass is 10.0. The minimum Gasteiger partial charge on any atom is -0.334 e. The van der Waals surface area contributed by atoms with Crippen molar-refractivity contribution >= 4 is 29.3 Å². The van der Waals surface area contributed by atoms with Crippen molar-refractivity contribution in [2.45, 2.75) is 18.9 Å². The summed E-state index contributed by atoms with van der Waals surface area (Å²) in [4.78, 5) is 28.4. The van der Waals surface area contributed by atoms with Gasteiger partial charge in [0.1, 0.15) is 5.82 Å². The summed E-state index contributed by atoms with van der Waals surface area (Å²) in [5.74, 6) is 0.672. The Labute approximate surface area is 145 Å². The van der Waals surface area contributed by atoms with Crippen LogP contribution in [-0.4, -0.2) is 65.3 Å². The lowest BCUT2D eigenvalue weighted by Crippen LogP contribution is -2.50. The molecule has 0 aromatic heterocycles. The highest BCUT2D eigenvalue weighted by Gasteiger charge is 2.30. The maximum Gasteiger partial charge on any atom is 0.313 e. The number of likely N-dealkylation sites (tertiary alicyclic amines) is 1. The van der Waals surface area contributed by atoms with Crippen LogP contribution < -0.4 is 5.32 Å². The predicted octanol–water partition coefficient (Wildman–Crippen LogP) is 1.80. The molecular formula is C17H22FN3O2S. The number of rotatable bonds is 2. The Morgan fingerprint density at radius 3 is 2.50 bits per heavy atom. The Balaban J connectivity index is 1.50. The Morgan fingerprint density at radius 2 is 1.83 bits per heavy atom. The van der Waals surface area contributed by atoms with Crippen LogP contribution in [0.25, 0.3) is 0 Å². The third-order valence-corrected chi connectivity index (χ3v) is 5.53. The zero-order chi connectivity index (χ0) is 16.9. The molecule has 0 saturated carbocycles. The standard InChI is InChI=1S/C17H22FN3O2S/c18-13-2-1-3-14(12-13)19-16(22)17(23)21-6-4-15(5-7-21)20-8-10-24-11-9-20/h1-3,12,15H,4-11H2,(H,19,22). The Bertz CT molecular complexity index is 599. The van der Waals surface area contributed by atoms with Gasteiger partial charge in [-0.15, -0.1) is 0 Å². The molecule has 2 amide bonds. The van der Waals surface area contributed by atoms with E-state index in [0.717, 1.165) is 25.9 Å². The van der Waals surface area contributed by atoms with E-state index >= 15 is 0 Å². The molecule has 2 fully saturated rings. The second-order valence-corrected chi connectivity index (χ2v) is 7.36. The zero-order valence-corrected chi connectivity index (χ0v) is 14.4. The number of anilines is 1. The first-order valence-electron chi connectivity index (χ1n) is 8.31. The third kappa shape index (κ3) is 4.27. The van der Waals surface area contributed by atoms with Gasteiger partial charge in [-0.3, -0.25) is 14.5 Å². The molecule has 5 nitrogen and oxygen atoms in total. The van der Waals surface area contributed by atoms with Crippen LogP contribution in [0.5, 0.6) is 0 Å². The molecule has 0 spiro atoms. The van der Waals surface area contributed by atoms with Gasteiger partial charge in [-0.1, -0.05) is 6.07 Å². The second-order valence-electron chi connectivity index (χ2n) is 6.14. The van der Waals surface area contributed by atoms with Gasteiger partial charge in [0.2, 0.25) is 0 Å². The van der Waals surface area contributed by atoms with Crippen LogP contribution in [0.3, 0.4) is 0 Å². The van der Waals surface area contributed by atoms with Crippen LogP contribution in [-0.2, 0) is 9.59 Å². The van der Waals surface area contributed by atoms with E-state index in [9.17, 15) is 14.0 Å². The number of hydrogen-bond donors (Lipinski definition) is 1. The fourth-order valence-electron chi connectivity index (χ4n) is 3.27. The van der Waals surface area contributed by atoms with Crippen molar-refractivity contribution in [2.75, 3.05) is 43.0 Å². The number of thioether (sulfide) groups is 1. The SMILES string of the molecule is O=C(Nc1cccc(F)c1)C(=O)N1CCC(N2CCSCC2)CC1. The fourth-order valence-corrected chi connectivity index (χ4v) is 4.20.